The minimum atomic E-state index is -0.382. The molecule has 0 spiro atoms. The molecule has 0 saturated heterocycles. The highest BCUT2D eigenvalue weighted by atomic mass is 16.6. The van der Waals surface area contributed by atoms with E-state index in [1.807, 2.05) is 6.07 Å². The number of nitrogens with zero attached hydrogens (tertiary/aromatic N) is 1. The van der Waals surface area contributed by atoms with Crippen LogP contribution in [0.5, 0.6) is 0 Å². The molecule has 0 aromatic heterocycles. The zero-order valence-corrected chi connectivity index (χ0v) is 22.4. The monoisotopic (exact) mass is 505 g/mol. The van der Waals surface area contributed by atoms with Crippen molar-refractivity contribution < 1.29 is 14.3 Å². The Labute approximate surface area is 226 Å². The lowest BCUT2D eigenvalue weighted by Crippen LogP contribution is -2.12. The molecule has 0 aliphatic heterocycles. The minimum absolute atomic E-state index is 0.235. The highest BCUT2D eigenvalue weighted by molar-refractivity contribution is 5.86. The molecule has 0 aliphatic carbocycles. The molecule has 0 aliphatic rings. The van der Waals surface area contributed by atoms with Crippen LogP contribution in [-0.2, 0) is 20.7 Å². The largest absolute Gasteiger partial charge is 0.460 e. The third-order valence-electron chi connectivity index (χ3n) is 6.52. The van der Waals surface area contributed by atoms with Crippen LogP contribution in [0, 0.1) is 13.8 Å². The molecule has 4 aromatic rings. The van der Waals surface area contributed by atoms with E-state index in [4.69, 9.17) is 9.47 Å². The number of anilines is 3. The molecule has 0 fully saturated rings. The van der Waals surface area contributed by atoms with Gasteiger partial charge >= 0.3 is 5.97 Å². The lowest BCUT2D eigenvalue weighted by Gasteiger charge is -2.26. The summed E-state index contributed by atoms with van der Waals surface area (Å²) >= 11 is 0. The summed E-state index contributed by atoms with van der Waals surface area (Å²) in [6, 6.07) is 34.3. The van der Waals surface area contributed by atoms with Gasteiger partial charge in [0.05, 0.1) is 13.2 Å². The zero-order chi connectivity index (χ0) is 26.9. The molecular formula is C34H35NO3. The van der Waals surface area contributed by atoms with E-state index < -0.39 is 0 Å². The molecule has 4 nitrogen and oxygen atoms in total. The van der Waals surface area contributed by atoms with Crippen LogP contribution < -0.4 is 4.90 Å². The van der Waals surface area contributed by atoms with Crippen LogP contribution in [0.3, 0.4) is 0 Å². The number of hydrogen-bond acceptors (Lipinski definition) is 4. The standard InChI is InChI=1S/C34H35NO3/c1-25(2)34(36)38-23-22-37-21-20-28-11-16-31(17-12-28)35(33-15-10-26(3)27(4)24-33)32-18-13-30(14-19-32)29-8-6-5-7-9-29/h5-19,24H,1,20-23H2,2-4H3. The SMILES string of the molecule is C=C(C)C(=O)OCCOCCc1ccc(N(c2ccc(-c3ccccc3)cc2)c2ccc(C)c(C)c2)cc1. The molecular weight excluding hydrogens is 470 g/mol. The number of aryl methyl sites for hydroxylation is 2. The molecule has 0 heterocycles. The fraction of sp³-hybridized carbons (Fsp3) is 0.206. The number of benzene rings is 4. The van der Waals surface area contributed by atoms with Gasteiger partial charge < -0.3 is 14.4 Å². The minimum Gasteiger partial charge on any atom is -0.460 e. The van der Waals surface area contributed by atoms with Crippen molar-refractivity contribution >= 4 is 23.0 Å². The van der Waals surface area contributed by atoms with Gasteiger partial charge in [0.2, 0.25) is 0 Å². The fourth-order valence-electron chi connectivity index (χ4n) is 4.17. The van der Waals surface area contributed by atoms with Crippen molar-refractivity contribution in [2.75, 3.05) is 24.7 Å². The molecule has 0 N–H and O–H groups in total. The number of hydrogen-bond donors (Lipinski definition) is 0. The maximum absolute atomic E-state index is 11.4. The first kappa shape index (κ1) is 26.9. The third kappa shape index (κ3) is 6.99. The van der Waals surface area contributed by atoms with E-state index in [0.717, 1.165) is 23.5 Å². The van der Waals surface area contributed by atoms with E-state index in [-0.39, 0.29) is 12.6 Å². The average Bonchev–Trinajstić information content (AvgIpc) is 2.94. The summed E-state index contributed by atoms with van der Waals surface area (Å²) in [6.07, 6.45) is 0.782. The molecule has 0 unspecified atom stereocenters. The Morgan fingerprint density at radius 2 is 1.32 bits per heavy atom. The second kappa shape index (κ2) is 12.9. The van der Waals surface area contributed by atoms with Gasteiger partial charge in [0, 0.05) is 22.6 Å². The van der Waals surface area contributed by atoms with Crippen LogP contribution in [0.1, 0.15) is 23.6 Å². The highest BCUT2D eigenvalue weighted by Crippen LogP contribution is 2.36. The van der Waals surface area contributed by atoms with E-state index in [1.54, 1.807) is 6.92 Å². The quantitative estimate of drug-likeness (QED) is 0.117. The number of ether oxygens (including phenoxy) is 2. The zero-order valence-electron chi connectivity index (χ0n) is 22.4. The number of carbonyl (C=O) groups excluding carboxylic acids is 1. The van der Waals surface area contributed by atoms with E-state index in [2.05, 4.69) is 116 Å². The summed E-state index contributed by atoms with van der Waals surface area (Å²) in [5, 5.41) is 0. The summed E-state index contributed by atoms with van der Waals surface area (Å²) in [6.45, 7) is 10.7. The van der Waals surface area contributed by atoms with Crippen molar-refractivity contribution in [1.82, 2.24) is 0 Å². The molecule has 194 valence electrons. The van der Waals surface area contributed by atoms with Gasteiger partial charge in [0.25, 0.3) is 0 Å². The molecule has 4 heteroatoms. The number of esters is 1. The molecule has 0 saturated carbocycles. The number of carbonyl (C=O) groups is 1. The third-order valence-corrected chi connectivity index (χ3v) is 6.52. The van der Waals surface area contributed by atoms with Crippen molar-refractivity contribution in [3.63, 3.8) is 0 Å². The van der Waals surface area contributed by atoms with Gasteiger partial charge in [-0.2, -0.15) is 0 Å². The van der Waals surface area contributed by atoms with Gasteiger partial charge in [-0.15, -0.1) is 0 Å². The second-order valence-corrected chi connectivity index (χ2v) is 9.46. The van der Waals surface area contributed by atoms with Crippen LogP contribution in [0.15, 0.2) is 109 Å². The van der Waals surface area contributed by atoms with Crippen LogP contribution in [0.2, 0.25) is 0 Å². The van der Waals surface area contributed by atoms with Gasteiger partial charge in [0.15, 0.2) is 0 Å². The summed E-state index contributed by atoms with van der Waals surface area (Å²) < 4.78 is 10.7. The summed E-state index contributed by atoms with van der Waals surface area (Å²) in [7, 11) is 0. The van der Waals surface area contributed by atoms with E-state index in [9.17, 15) is 4.79 Å². The summed E-state index contributed by atoms with van der Waals surface area (Å²) in [5.41, 5.74) is 9.84. The van der Waals surface area contributed by atoms with Gasteiger partial charge in [-0.05, 0) is 91.4 Å². The second-order valence-electron chi connectivity index (χ2n) is 9.46. The van der Waals surface area contributed by atoms with Crippen molar-refractivity contribution in [3.05, 3.63) is 126 Å². The van der Waals surface area contributed by atoms with Crippen LogP contribution in [0.25, 0.3) is 11.1 Å². The highest BCUT2D eigenvalue weighted by Gasteiger charge is 2.14. The normalized spacial score (nSPS) is 10.7. The van der Waals surface area contributed by atoms with Gasteiger partial charge in [-0.3, -0.25) is 0 Å². The Balaban J connectivity index is 1.48. The van der Waals surface area contributed by atoms with Crippen molar-refractivity contribution in [1.29, 1.82) is 0 Å². The molecule has 4 rings (SSSR count). The fourth-order valence-corrected chi connectivity index (χ4v) is 4.17. The number of rotatable bonds is 11. The van der Waals surface area contributed by atoms with E-state index in [1.165, 1.54) is 27.8 Å². The lowest BCUT2D eigenvalue weighted by molar-refractivity contribution is -0.140. The first-order valence-corrected chi connectivity index (χ1v) is 12.9. The van der Waals surface area contributed by atoms with Crippen molar-refractivity contribution in [2.45, 2.75) is 27.2 Å². The van der Waals surface area contributed by atoms with Gasteiger partial charge in [-0.1, -0.05) is 67.2 Å². The van der Waals surface area contributed by atoms with E-state index in [0.29, 0.717) is 18.8 Å². The summed E-state index contributed by atoms with van der Waals surface area (Å²) in [5.74, 6) is -0.382. The molecule has 4 aromatic carbocycles. The van der Waals surface area contributed by atoms with Crippen molar-refractivity contribution in [3.8, 4) is 11.1 Å². The predicted molar refractivity (Wildman–Crippen MR) is 156 cm³/mol. The Morgan fingerprint density at radius 3 is 1.95 bits per heavy atom. The molecule has 0 amide bonds. The molecule has 0 bridgehead atoms. The smallest absolute Gasteiger partial charge is 0.333 e. The average molecular weight is 506 g/mol. The van der Waals surface area contributed by atoms with Crippen LogP contribution in [-0.4, -0.2) is 25.8 Å². The van der Waals surface area contributed by atoms with Gasteiger partial charge in [0.1, 0.15) is 6.61 Å². The topological polar surface area (TPSA) is 38.8 Å². The first-order valence-electron chi connectivity index (χ1n) is 12.9. The predicted octanol–water partition coefficient (Wildman–Crippen LogP) is 8.12. The Bertz CT molecular complexity index is 1360. The molecule has 0 atom stereocenters. The molecule has 0 radical (unpaired) electrons. The van der Waals surface area contributed by atoms with E-state index >= 15 is 0 Å². The Hall–Kier alpha value is -4.15. The lowest BCUT2D eigenvalue weighted by atomic mass is 10.0. The Morgan fingerprint density at radius 1 is 0.711 bits per heavy atom. The Kier molecular flexibility index (Phi) is 9.12. The first-order chi connectivity index (χ1) is 18.4. The maximum atomic E-state index is 11.4. The van der Waals surface area contributed by atoms with Crippen LogP contribution >= 0.6 is 0 Å². The summed E-state index contributed by atoms with van der Waals surface area (Å²) in [4.78, 5) is 13.7. The van der Waals surface area contributed by atoms with Crippen LogP contribution in [0.4, 0.5) is 17.1 Å². The van der Waals surface area contributed by atoms with Gasteiger partial charge in [-0.25, -0.2) is 4.79 Å². The van der Waals surface area contributed by atoms with Crippen molar-refractivity contribution in [2.24, 2.45) is 0 Å². The maximum Gasteiger partial charge on any atom is 0.333 e. The molecule has 38 heavy (non-hydrogen) atoms.